The first kappa shape index (κ1) is 23.0. The molecule has 168 valence electrons. The van der Waals surface area contributed by atoms with Crippen molar-refractivity contribution in [3.8, 4) is 0 Å². The lowest BCUT2D eigenvalue weighted by Crippen LogP contribution is -2.32. The molecule has 1 atom stereocenters. The van der Waals surface area contributed by atoms with Gasteiger partial charge in [-0.15, -0.1) is 0 Å². The van der Waals surface area contributed by atoms with Crippen LogP contribution in [0.15, 0.2) is 62.7 Å². The first-order valence-corrected chi connectivity index (χ1v) is 11.5. The van der Waals surface area contributed by atoms with Gasteiger partial charge in [0, 0.05) is 23.4 Å². The van der Waals surface area contributed by atoms with Crippen molar-refractivity contribution in [2.75, 3.05) is 12.3 Å². The second-order valence-corrected chi connectivity index (χ2v) is 9.44. The SMILES string of the molecule is C=C1C(CNC=O)=C(c2c(C)[nH]c(=O)c(N)c2S(=O)(=O)Cc2ccccc2)C(N)=NC1C. The first-order chi connectivity index (χ1) is 15.1. The van der Waals surface area contributed by atoms with Crippen LogP contribution in [-0.2, 0) is 20.4 Å². The predicted octanol–water partition coefficient (Wildman–Crippen LogP) is 1.05. The number of sulfone groups is 1. The lowest BCUT2D eigenvalue weighted by Gasteiger charge is -2.27. The fourth-order valence-electron chi connectivity index (χ4n) is 3.74. The molecule has 0 radical (unpaired) electrons. The van der Waals surface area contributed by atoms with E-state index in [1.54, 1.807) is 44.2 Å². The molecule has 0 saturated heterocycles. The van der Waals surface area contributed by atoms with E-state index in [1.165, 1.54) is 0 Å². The molecule has 3 rings (SSSR count). The van der Waals surface area contributed by atoms with Gasteiger partial charge in [-0.05, 0) is 30.6 Å². The molecule has 0 spiro atoms. The number of carbonyl (C=O) groups excluding carboxylic acids is 1. The zero-order chi connectivity index (χ0) is 23.6. The van der Waals surface area contributed by atoms with Crippen molar-refractivity contribution in [2.24, 2.45) is 10.7 Å². The van der Waals surface area contributed by atoms with Crippen molar-refractivity contribution in [3.05, 3.63) is 75.2 Å². The van der Waals surface area contributed by atoms with Crippen molar-refractivity contribution in [1.29, 1.82) is 0 Å². The number of hydrogen-bond acceptors (Lipinski definition) is 7. The summed E-state index contributed by atoms with van der Waals surface area (Å²) in [7, 11) is -4.08. The maximum atomic E-state index is 13.5. The third-order valence-corrected chi connectivity index (χ3v) is 7.06. The van der Waals surface area contributed by atoms with Crippen LogP contribution >= 0.6 is 0 Å². The highest BCUT2D eigenvalue weighted by Crippen LogP contribution is 2.37. The molecule has 1 aliphatic rings. The second-order valence-electron chi connectivity index (χ2n) is 7.51. The average molecular weight is 456 g/mol. The third-order valence-electron chi connectivity index (χ3n) is 5.30. The Balaban J connectivity index is 2.36. The molecule has 0 aliphatic carbocycles. The van der Waals surface area contributed by atoms with Gasteiger partial charge in [0.15, 0.2) is 9.84 Å². The monoisotopic (exact) mass is 455 g/mol. The number of hydrogen-bond donors (Lipinski definition) is 4. The molecule has 1 amide bonds. The van der Waals surface area contributed by atoms with E-state index in [0.717, 1.165) is 0 Å². The minimum Gasteiger partial charge on any atom is -0.393 e. The molecule has 2 heterocycles. The largest absolute Gasteiger partial charge is 0.393 e. The molecule has 9 nitrogen and oxygen atoms in total. The zero-order valence-corrected chi connectivity index (χ0v) is 18.6. The van der Waals surface area contributed by atoms with E-state index in [-0.39, 0.29) is 45.9 Å². The van der Waals surface area contributed by atoms with Gasteiger partial charge in [-0.2, -0.15) is 0 Å². The van der Waals surface area contributed by atoms with Crippen LogP contribution in [0, 0.1) is 6.92 Å². The number of amides is 1. The Labute approximate surface area is 185 Å². The van der Waals surface area contributed by atoms with Crippen molar-refractivity contribution >= 4 is 33.3 Å². The number of nitrogens with one attached hydrogen (secondary N) is 2. The van der Waals surface area contributed by atoms with Gasteiger partial charge in [0.05, 0.1) is 11.8 Å². The number of nitrogens with zero attached hydrogens (tertiary/aromatic N) is 1. The Kier molecular flexibility index (Phi) is 6.35. The average Bonchev–Trinajstić information content (AvgIpc) is 2.73. The van der Waals surface area contributed by atoms with Gasteiger partial charge in [0.1, 0.15) is 16.4 Å². The minimum absolute atomic E-state index is 0.0505. The molecule has 32 heavy (non-hydrogen) atoms. The summed E-state index contributed by atoms with van der Waals surface area (Å²) in [6.45, 7) is 7.44. The van der Waals surface area contributed by atoms with Crippen molar-refractivity contribution in [1.82, 2.24) is 10.3 Å². The van der Waals surface area contributed by atoms with Crippen LogP contribution in [0.25, 0.3) is 5.57 Å². The summed E-state index contributed by atoms with van der Waals surface area (Å²) in [5.41, 5.74) is 13.4. The number of H-pyrrole nitrogens is 1. The lowest BCUT2D eigenvalue weighted by atomic mass is 9.88. The lowest BCUT2D eigenvalue weighted by molar-refractivity contribution is -0.109. The molecule has 6 N–H and O–H groups in total. The highest BCUT2D eigenvalue weighted by atomic mass is 32.2. The normalized spacial score (nSPS) is 16.6. The Morgan fingerprint density at radius 1 is 1.25 bits per heavy atom. The number of carbonyl (C=O) groups is 1. The molecule has 1 aromatic heterocycles. The number of aromatic nitrogens is 1. The number of nitrogens with two attached hydrogens (primary N) is 2. The summed E-state index contributed by atoms with van der Waals surface area (Å²) in [6, 6.07) is 8.20. The number of aromatic amines is 1. The maximum Gasteiger partial charge on any atom is 0.272 e. The van der Waals surface area contributed by atoms with Gasteiger partial charge < -0.3 is 21.8 Å². The van der Waals surface area contributed by atoms with E-state index in [4.69, 9.17) is 11.5 Å². The maximum absolute atomic E-state index is 13.5. The molecule has 2 aromatic rings. The number of pyridine rings is 1. The van der Waals surface area contributed by atoms with Gasteiger partial charge in [0.25, 0.3) is 5.56 Å². The molecule has 1 unspecified atom stereocenters. The van der Waals surface area contributed by atoms with Crippen LogP contribution in [0.2, 0.25) is 0 Å². The van der Waals surface area contributed by atoms with Crippen molar-refractivity contribution in [3.63, 3.8) is 0 Å². The summed E-state index contributed by atoms with van der Waals surface area (Å²) in [5.74, 6) is -0.296. The highest BCUT2D eigenvalue weighted by molar-refractivity contribution is 7.90. The third kappa shape index (κ3) is 4.22. The number of aliphatic imine (C=N–C) groups is 1. The van der Waals surface area contributed by atoms with E-state index in [9.17, 15) is 18.0 Å². The van der Waals surface area contributed by atoms with Crippen LogP contribution in [0.5, 0.6) is 0 Å². The Hall–Kier alpha value is -3.66. The van der Waals surface area contributed by atoms with Crippen LogP contribution in [0.4, 0.5) is 5.69 Å². The fourth-order valence-corrected chi connectivity index (χ4v) is 5.51. The van der Waals surface area contributed by atoms with Gasteiger partial charge in [-0.1, -0.05) is 36.9 Å². The highest BCUT2D eigenvalue weighted by Gasteiger charge is 2.33. The fraction of sp³-hybridized carbons (Fsp3) is 0.227. The minimum atomic E-state index is -4.08. The number of rotatable bonds is 7. The van der Waals surface area contributed by atoms with Crippen LogP contribution in [0.1, 0.15) is 23.7 Å². The first-order valence-electron chi connectivity index (χ1n) is 9.80. The van der Waals surface area contributed by atoms with Crippen LogP contribution in [0.3, 0.4) is 0 Å². The van der Waals surface area contributed by atoms with Gasteiger partial charge in [-0.25, -0.2) is 8.42 Å². The van der Waals surface area contributed by atoms with Crippen LogP contribution < -0.4 is 22.3 Å². The molecule has 0 bridgehead atoms. The molecule has 0 fully saturated rings. The Bertz CT molecular complexity index is 1310. The molecule has 1 aliphatic heterocycles. The standard InChI is InChI=1S/C22H25N5O4S/c1-12-13(2)26-21(24)18(16(12)9-25-11-28)17-14(3)27-22(29)19(23)20(17)32(30,31)10-15-7-5-4-6-8-15/h4-8,11,13H,1,9-10,23H2,2-3H3,(H2,24,26)(H,25,28)(H,27,29). The van der Waals surface area contributed by atoms with E-state index < -0.39 is 21.1 Å². The van der Waals surface area contributed by atoms with E-state index in [0.29, 0.717) is 23.1 Å². The van der Waals surface area contributed by atoms with Gasteiger partial charge in [0.2, 0.25) is 6.41 Å². The molecular formula is C22H25N5O4S. The van der Waals surface area contributed by atoms with E-state index >= 15 is 0 Å². The molecule has 1 aromatic carbocycles. The molecule has 10 heteroatoms. The summed E-state index contributed by atoms with van der Waals surface area (Å²) in [5, 5.41) is 2.57. The van der Waals surface area contributed by atoms with Gasteiger partial charge >= 0.3 is 0 Å². The number of anilines is 1. The van der Waals surface area contributed by atoms with Gasteiger partial charge in [-0.3, -0.25) is 14.6 Å². The second kappa shape index (κ2) is 8.83. The Morgan fingerprint density at radius 2 is 1.91 bits per heavy atom. The summed E-state index contributed by atoms with van der Waals surface area (Å²) >= 11 is 0. The predicted molar refractivity (Wildman–Crippen MR) is 125 cm³/mol. The zero-order valence-electron chi connectivity index (χ0n) is 17.8. The van der Waals surface area contributed by atoms with Crippen LogP contribution in [-0.4, -0.2) is 38.2 Å². The molecule has 0 saturated carbocycles. The number of nitrogen functional groups attached to an aromatic ring is 1. The van der Waals surface area contributed by atoms with E-state index in [2.05, 4.69) is 21.9 Å². The number of amidine groups is 1. The smallest absolute Gasteiger partial charge is 0.272 e. The Morgan fingerprint density at radius 3 is 2.53 bits per heavy atom. The topological polar surface area (TPSA) is 160 Å². The van der Waals surface area contributed by atoms with Crippen molar-refractivity contribution < 1.29 is 13.2 Å². The molecular weight excluding hydrogens is 430 g/mol. The number of aryl methyl sites for hydroxylation is 1. The quantitative estimate of drug-likeness (QED) is 0.457. The summed E-state index contributed by atoms with van der Waals surface area (Å²) in [6.07, 6.45) is 0.519. The summed E-state index contributed by atoms with van der Waals surface area (Å²) in [4.78, 5) is 30.1. The van der Waals surface area contributed by atoms with Crippen molar-refractivity contribution in [2.45, 2.75) is 30.5 Å². The number of dihydropyridines is 1. The number of benzene rings is 1. The van der Waals surface area contributed by atoms with E-state index in [1.807, 2.05) is 0 Å². The summed E-state index contributed by atoms with van der Waals surface area (Å²) < 4.78 is 27.1.